The van der Waals surface area contributed by atoms with Crippen LogP contribution in [0.2, 0.25) is 0 Å². The number of benzene rings is 7. The first-order valence-corrected chi connectivity index (χ1v) is 26.9. The molecule has 1 unspecified atom stereocenters. The molecule has 7 aromatic rings. The average molecular weight is 937 g/mol. The SMILES string of the molecule is Cc1ccc(N(c2ccc3c(c2)[C@]24CCC[C@@]2(c2cc(N(c5ccc(C)cc5)c5c(C)cc(C(C)(C)C)cc5C)ccc2-3)C(Cc2ccc(C(C)(C)C)cc2)CC4)c2c(C)cc(C(C)(C)C)cc2C)cc1. The second-order valence-corrected chi connectivity index (χ2v) is 25.5. The van der Waals surface area contributed by atoms with Gasteiger partial charge in [0.05, 0.1) is 11.4 Å². The smallest absolute Gasteiger partial charge is 0.0520 e. The summed E-state index contributed by atoms with van der Waals surface area (Å²) in [7, 11) is 0. The molecule has 0 bridgehead atoms. The van der Waals surface area contributed by atoms with Gasteiger partial charge in [0.15, 0.2) is 0 Å². The molecule has 2 nitrogen and oxygen atoms in total. The molecular formula is C69H80N2. The Balaban J connectivity index is 1.21. The van der Waals surface area contributed by atoms with E-state index in [1.165, 1.54) is 133 Å². The summed E-state index contributed by atoms with van der Waals surface area (Å²) in [5, 5.41) is 0. The number of aryl methyl sites for hydroxylation is 6. The molecule has 0 heterocycles. The maximum atomic E-state index is 2.69. The normalized spacial score (nSPS) is 19.5. The van der Waals surface area contributed by atoms with E-state index in [4.69, 9.17) is 0 Å². The molecule has 10 rings (SSSR count). The first-order valence-electron chi connectivity index (χ1n) is 26.9. The van der Waals surface area contributed by atoms with Crippen molar-refractivity contribution >= 4 is 34.1 Å². The predicted octanol–water partition coefficient (Wildman–Crippen LogP) is 19.4. The van der Waals surface area contributed by atoms with Gasteiger partial charge in [-0.1, -0.05) is 165 Å². The highest BCUT2D eigenvalue weighted by atomic mass is 15.2. The van der Waals surface area contributed by atoms with Crippen LogP contribution < -0.4 is 9.80 Å². The van der Waals surface area contributed by atoms with Crippen molar-refractivity contribution in [2.24, 2.45) is 5.92 Å². The van der Waals surface area contributed by atoms with Gasteiger partial charge in [0.2, 0.25) is 0 Å². The minimum absolute atomic E-state index is 0.00793. The highest BCUT2D eigenvalue weighted by molar-refractivity contribution is 5.89. The molecule has 3 aliphatic carbocycles. The molecule has 3 atom stereocenters. The van der Waals surface area contributed by atoms with Gasteiger partial charge in [-0.3, -0.25) is 0 Å². The second kappa shape index (κ2) is 17.4. The number of anilines is 6. The molecule has 0 aliphatic heterocycles. The zero-order valence-corrected chi connectivity index (χ0v) is 45.9. The summed E-state index contributed by atoms with van der Waals surface area (Å²) in [5.41, 5.74) is 27.2. The first kappa shape index (κ1) is 48.8. The van der Waals surface area contributed by atoms with Crippen molar-refractivity contribution in [1.82, 2.24) is 0 Å². The average Bonchev–Trinajstić information content (AvgIpc) is 3.86. The van der Waals surface area contributed by atoms with Gasteiger partial charge >= 0.3 is 0 Å². The molecule has 0 amide bonds. The van der Waals surface area contributed by atoms with E-state index in [2.05, 4.69) is 247 Å². The van der Waals surface area contributed by atoms with Crippen LogP contribution in [0, 0.1) is 47.5 Å². The van der Waals surface area contributed by atoms with Crippen molar-refractivity contribution in [2.75, 3.05) is 9.80 Å². The van der Waals surface area contributed by atoms with E-state index in [-0.39, 0.29) is 27.1 Å². The van der Waals surface area contributed by atoms with Crippen LogP contribution in [0.1, 0.15) is 161 Å². The molecule has 7 aromatic carbocycles. The molecule has 0 spiro atoms. The van der Waals surface area contributed by atoms with E-state index >= 15 is 0 Å². The Bertz CT molecular complexity index is 3100. The maximum absolute atomic E-state index is 2.69. The Kier molecular flexibility index (Phi) is 12.0. The van der Waals surface area contributed by atoms with Crippen molar-refractivity contribution in [3.05, 3.63) is 200 Å². The van der Waals surface area contributed by atoms with Crippen molar-refractivity contribution in [3.8, 4) is 11.1 Å². The Labute approximate surface area is 428 Å². The lowest BCUT2D eigenvalue weighted by molar-refractivity contribution is 0.233. The lowest BCUT2D eigenvalue weighted by Crippen LogP contribution is -2.47. The number of hydrogen-bond donors (Lipinski definition) is 0. The number of nitrogens with zero attached hydrogens (tertiary/aromatic N) is 2. The minimum atomic E-state index is -0.0271. The van der Waals surface area contributed by atoms with Gasteiger partial charge in [0.25, 0.3) is 0 Å². The quantitative estimate of drug-likeness (QED) is 0.150. The molecule has 0 N–H and O–H groups in total. The zero-order valence-electron chi connectivity index (χ0n) is 45.9. The molecule has 0 radical (unpaired) electrons. The lowest BCUT2D eigenvalue weighted by atomic mass is 9.52. The van der Waals surface area contributed by atoms with Gasteiger partial charge < -0.3 is 9.80 Å². The predicted molar refractivity (Wildman–Crippen MR) is 306 cm³/mol. The molecule has 366 valence electrons. The van der Waals surface area contributed by atoms with E-state index in [0.717, 1.165) is 6.42 Å². The van der Waals surface area contributed by atoms with E-state index in [0.29, 0.717) is 5.92 Å². The zero-order chi connectivity index (χ0) is 50.6. The van der Waals surface area contributed by atoms with Crippen molar-refractivity contribution in [1.29, 1.82) is 0 Å². The fraction of sp³-hybridized carbons (Fsp3) is 0.391. The van der Waals surface area contributed by atoms with Crippen molar-refractivity contribution in [2.45, 2.75) is 169 Å². The van der Waals surface area contributed by atoms with Gasteiger partial charge in [0.1, 0.15) is 0 Å². The molecular weight excluding hydrogens is 857 g/mol. The van der Waals surface area contributed by atoms with Crippen LogP contribution in [0.15, 0.2) is 133 Å². The Hall–Kier alpha value is -5.86. The third-order valence-electron chi connectivity index (χ3n) is 17.5. The monoisotopic (exact) mass is 937 g/mol. The van der Waals surface area contributed by atoms with Crippen LogP contribution in [-0.2, 0) is 33.5 Å². The van der Waals surface area contributed by atoms with Crippen LogP contribution in [0.4, 0.5) is 34.1 Å². The summed E-state index contributed by atoms with van der Waals surface area (Å²) in [6.45, 7) is 34.7. The Morgan fingerprint density at radius 3 is 1.27 bits per heavy atom. The number of rotatable bonds is 8. The summed E-state index contributed by atoms with van der Waals surface area (Å²) < 4.78 is 0. The third-order valence-corrected chi connectivity index (χ3v) is 17.5. The van der Waals surface area contributed by atoms with Gasteiger partial charge in [0, 0.05) is 33.6 Å². The molecule has 2 fully saturated rings. The van der Waals surface area contributed by atoms with Crippen LogP contribution in [-0.4, -0.2) is 0 Å². The van der Waals surface area contributed by atoms with Crippen LogP contribution in [0.5, 0.6) is 0 Å². The largest absolute Gasteiger partial charge is 0.310 e. The van der Waals surface area contributed by atoms with Crippen LogP contribution >= 0.6 is 0 Å². The second-order valence-electron chi connectivity index (χ2n) is 25.5. The highest BCUT2D eigenvalue weighted by Crippen LogP contribution is 2.72. The standard InChI is InChI=1S/C69H80N2/c1-44-17-25-55(26-18-44)70(63-46(3)37-53(38-47(63)4)66(10,11)12)57-29-31-59-60-32-30-58(71(56-27-19-45(2)20-28-56)64-48(5)39-54(40-49(64)6)67(13,14)15)43-62(60)69-35-16-34-68(69,61(59)42-57)36-33-52(69)41-50-21-23-51(24-22-50)65(7,8)9/h17-32,37-40,42-43,52H,16,33-36,41H2,1-15H3/t52?,68-,69+/m1/s1. The summed E-state index contributed by atoms with van der Waals surface area (Å²) >= 11 is 0. The first-order chi connectivity index (χ1) is 33.5. The van der Waals surface area contributed by atoms with Gasteiger partial charge in [-0.15, -0.1) is 0 Å². The number of fused-ring (bicyclic) bond motifs is 3. The molecule has 3 aliphatic rings. The van der Waals surface area contributed by atoms with E-state index in [1.807, 2.05) is 0 Å². The molecule has 2 heteroatoms. The van der Waals surface area contributed by atoms with Gasteiger partial charge in [-0.05, 0) is 211 Å². The topological polar surface area (TPSA) is 6.48 Å². The van der Waals surface area contributed by atoms with E-state index in [9.17, 15) is 0 Å². The van der Waals surface area contributed by atoms with Crippen molar-refractivity contribution < 1.29 is 0 Å². The van der Waals surface area contributed by atoms with Crippen LogP contribution in [0.3, 0.4) is 0 Å². The lowest BCUT2D eigenvalue weighted by Gasteiger charge is -2.51. The van der Waals surface area contributed by atoms with Crippen LogP contribution in [0.25, 0.3) is 11.1 Å². The van der Waals surface area contributed by atoms with E-state index < -0.39 is 0 Å². The third kappa shape index (κ3) is 8.26. The summed E-state index contributed by atoms with van der Waals surface area (Å²) in [6.07, 6.45) is 7.16. The van der Waals surface area contributed by atoms with Gasteiger partial charge in [-0.2, -0.15) is 0 Å². The molecule has 0 aromatic heterocycles. The summed E-state index contributed by atoms with van der Waals surface area (Å²) in [4.78, 5) is 5.17. The Morgan fingerprint density at radius 2 is 0.831 bits per heavy atom. The molecule has 71 heavy (non-hydrogen) atoms. The fourth-order valence-electron chi connectivity index (χ4n) is 13.8. The molecule has 2 saturated carbocycles. The summed E-state index contributed by atoms with van der Waals surface area (Å²) in [6, 6.07) is 53.2. The van der Waals surface area contributed by atoms with Crippen molar-refractivity contribution in [3.63, 3.8) is 0 Å². The molecule has 0 saturated heterocycles. The Morgan fingerprint density at radius 1 is 0.423 bits per heavy atom. The number of hydrogen-bond acceptors (Lipinski definition) is 2. The van der Waals surface area contributed by atoms with E-state index in [1.54, 1.807) is 11.1 Å². The highest BCUT2D eigenvalue weighted by Gasteiger charge is 2.66. The summed E-state index contributed by atoms with van der Waals surface area (Å²) in [5.74, 6) is 0.501. The van der Waals surface area contributed by atoms with Gasteiger partial charge in [-0.25, -0.2) is 0 Å². The minimum Gasteiger partial charge on any atom is -0.310 e. The maximum Gasteiger partial charge on any atom is 0.0520 e. The fourth-order valence-corrected chi connectivity index (χ4v) is 13.8.